The fraction of sp³-hybridized carbons (Fsp3) is 0.450. The van der Waals surface area contributed by atoms with Gasteiger partial charge in [0.15, 0.2) is 0 Å². The van der Waals surface area contributed by atoms with E-state index in [0.717, 1.165) is 29.3 Å². The van der Waals surface area contributed by atoms with Gasteiger partial charge in [0.1, 0.15) is 0 Å². The van der Waals surface area contributed by atoms with Gasteiger partial charge in [0.2, 0.25) is 5.91 Å². The lowest BCUT2D eigenvalue weighted by atomic mass is 9.43. The Balaban J connectivity index is 1.71. The molecule has 0 aromatic heterocycles. The zero-order valence-electron chi connectivity index (χ0n) is 13.8. The second-order valence-electron chi connectivity index (χ2n) is 7.86. The van der Waals surface area contributed by atoms with Gasteiger partial charge in [-0.3, -0.25) is 4.79 Å². The van der Waals surface area contributed by atoms with Gasteiger partial charge in [0.25, 0.3) is 0 Å². The summed E-state index contributed by atoms with van der Waals surface area (Å²) in [6.07, 6.45) is 2.07. The average Bonchev–Trinajstić information content (AvgIpc) is 2.95. The standard InChI is InChI=1S/C20H22BrNO/c1-18(2)19(3)11-12-20(18,16(19)21)17(23)22-15-10-6-8-13-7-4-5-9-14(13)15/h4-10,16H,11-12H2,1-3H3,(H,22,23)/t16-,19-,20-/m1/s1. The molecule has 1 N–H and O–H groups in total. The first-order valence-corrected chi connectivity index (χ1v) is 9.19. The van der Waals surface area contributed by atoms with Crippen LogP contribution in [0.2, 0.25) is 0 Å². The molecule has 3 aliphatic carbocycles. The van der Waals surface area contributed by atoms with E-state index in [1.165, 1.54) is 0 Å². The number of fused-ring (bicyclic) bond motifs is 2. The van der Waals surface area contributed by atoms with Gasteiger partial charge in [0.05, 0.1) is 5.41 Å². The summed E-state index contributed by atoms with van der Waals surface area (Å²) in [5.41, 5.74) is 0.837. The van der Waals surface area contributed by atoms with Crippen LogP contribution in [-0.4, -0.2) is 10.7 Å². The summed E-state index contributed by atoms with van der Waals surface area (Å²) in [4.78, 5) is 13.5. The third-order valence-electron chi connectivity index (χ3n) is 7.02. The third kappa shape index (κ3) is 1.62. The lowest BCUT2D eigenvalue weighted by Crippen LogP contribution is -2.68. The minimum Gasteiger partial charge on any atom is -0.325 e. The monoisotopic (exact) mass is 371 g/mol. The van der Waals surface area contributed by atoms with Crippen molar-refractivity contribution < 1.29 is 4.79 Å². The van der Waals surface area contributed by atoms with Crippen molar-refractivity contribution in [1.82, 2.24) is 0 Å². The number of carbonyl (C=O) groups excluding carboxylic acids is 1. The van der Waals surface area contributed by atoms with Crippen molar-refractivity contribution in [2.45, 2.75) is 38.4 Å². The van der Waals surface area contributed by atoms with E-state index in [1.807, 2.05) is 24.3 Å². The van der Waals surface area contributed by atoms with Crippen molar-refractivity contribution >= 4 is 38.3 Å². The fourth-order valence-electron chi connectivity index (χ4n) is 5.03. The molecule has 3 aliphatic rings. The first-order valence-electron chi connectivity index (χ1n) is 8.28. The number of rotatable bonds is 2. The van der Waals surface area contributed by atoms with Crippen molar-refractivity contribution in [2.75, 3.05) is 5.32 Å². The van der Waals surface area contributed by atoms with E-state index in [0.29, 0.717) is 0 Å². The van der Waals surface area contributed by atoms with E-state index in [2.05, 4.69) is 60.2 Å². The molecule has 3 saturated carbocycles. The van der Waals surface area contributed by atoms with Gasteiger partial charge in [0, 0.05) is 15.9 Å². The molecule has 0 saturated heterocycles. The largest absolute Gasteiger partial charge is 0.325 e. The highest BCUT2D eigenvalue weighted by Gasteiger charge is 2.80. The van der Waals surface area contributed by atoms with Gasteiger partial charge in [-0.1, -0.05) is 73.1 Å². The first kappa shape index (κ1) is 15.2. The van der Waals surface area contributed by atoms with E-state index < -0.39 is 0 Å². The SMILES string of the molecule is CC1(C)[C@]2(C(=O)Nc3cccc4ccccc34)CC[C@]1(C)[C@H]2Br. The summed E-state index contributed by atoms with van der Waals surface area (Å²) in [6, 6.07) is 14.3. The Kier molecular flexibility index (Phi) is 3.04. The van der Waals surface area contributed by atoms with Crippen molar-refractivity contribution in [3.8, 4) is 0 Å². The number of halogens is 1. The van der Waals surface area contributed by atoms with Crippen LogP contribution in [0, 0.1) is 16.2 Å². The Morgan fingerprint density at radius 3 is 2.43 bits per heavy atom. The Hall–Kier alpha value is -1.35. The molecule has 5 rings (SSSR count). The average molecular weight is 372 g/mol. The van der Waals surface area contributed by atoms with E-state index in [-0.39, 0.29) is 27.0 Å². The van der Waals surface area contributed by atoms with Gasteiger partial charge >= 0.3 is 0 Å². The first-order chi connectivity index (χ1) is 10.8. The quantitative estimate of drug-likeness (QED) is 0.706. The number of nitrogens with one attached hydrogen (secondary N) is 1. The van der Waals surface area contributed by atoms with Crippen LogP contribution in [0.1, 0.15) is 33.6 Å². The second kappa shape index (κ2) is 4.60. The zero-order chi connectivity index (χ0) is 16.5. The number of amides is 1. The molecule has 0 radical (unpaired) electrons. The van der Waals surface area contributed by atoms with Gasteiger partial charge < -0.3 is 5.32 Å². The zero-order valence-corrected chi connectivity index (χ0v) is 15.4. The van der Waals surface area contributed by atoms with Crippen LogP contribution in [-0.2, 0) is 4.79 Å². The molecule has 1 amide bonds. The maximum absolute atomic E-state index is 13.2. The van der Waals surface area contributed by atoms with Crippen molar-refractivity contribution in [1.29, 1.82) is 0 Å². The van der Waals surface area contributed by atoms with Gasteiger partial charge in [-0.25, -0.2) is 0 Å². The van der Waals surface area contributed by atoms with Crippen LogP contribution in [0.3, 0.4) is 0 Å². The maximum Gasteiger partial charge on any atom is 0.232 e. The summed E-state index contributed by atoms with van der Waals surface area (Å²) in [5.74, 6) is 0.163. The Labute approximate surface area is 145 Å². The fourth-order valence-corrected chi connectivity index (χ4v) is 6.84. The molecule has 2 aromatic rings. The van der Waals surface area contributed by atoms with Crippen LogP contribution >= 0.6 is 15.9 Å². The molecule has 3 atom stereocenters. The highest BCUT2D eigenvalue weighted by molar-refractivity contribution is 9.09. The summed E-state index contributed by atoms with van der Waals surface area (Å²) in [6.45, 7) is 6.81. The third-order valence-corrected chi connectivity index (χ3v) is 8.81. The molecule has 3 heteroatoms. The normalized spacial score (nSPS) is 34.2. The summed E-state index contributed by atoms with van der Waals surface area (Å²) < 4.78 is 0. The predicted octanol–water partition coefficient (Wildman–Crippen LogP) is 5.37. The highest BCUT2D eigenvalue weighted by Crippen LogP contribution is 2.79. The lowest BCUT2D eigenvalue weighted by Gasteiger charge is -2.64. The maximum atomic E-state index is 13.2. The van der Waals surface area contributed by atoms with E-state index in [9.17, 15) is 4.79 Å². The number of carbonyl (C=O) groups is 1. The van der Waals surface area contributed by atoms with Crippen LogP contribution in [0.25, 0.3) is 10.8 Å². The number of hydrogen-bond acceptors (Lipinski definition) is 1. The van der Waals surface area contributed by atoms with Crippen LogP contribution in [0.5, 0.6) is 0 Å². The molecule has 0 heterocycles. The Morgan fingerprint density at radius 2 is 1.78 bits per heavy atom. The second-order valence-corrected chi connectivity index (χ2v) is 8.77. The van der Waals surface area contributed by atoms with E-state index >= 15 is 0 Å². The molecule has 3 fully saturated rings. The molecule has 2 aromatic carbocycles. The predicted molar refractivity (Wildman–Crippen MR) is 98.8 cm³/mol. The number of anilines is 1. The van der Waals surface area contributed by atoms with E-state index in [4.69, 9.17) is 0 Å². The highest BCUT2D eigenvalue weighted by atomic mass is 79.9. The summed E-state index contributed by atoms with van der Waals surface area (Å²) >= 11 is 3.85. The molecule has 23 heavy (non-hydrogen) atoms. The van der Waals surface area contributed by atoms with E-state index in [1.54, 1.807) is 0 Å². The van der Waals surface area contributed by atoms with Crippen molar-refractivity contribution in [3.63, 3.8) is 0 Å². The number of hydrogen-bond donors (Lipinski definition) is 1. The number of alkyl halides is 1. The smallest absolute Gasteiger partial charge is 0.232 e. The molecular weight excluding hydrogens is 350 g/mol. The Bertz CT molecular complexity index is 809. The molecule has 0 aliphatic heterocycles. The lowest BCUT2D eigenvalue weighted by molar-refractivity contribution is -0.155. The molecule has 2 bridgehead atoms. The van der Waals surface area contributed by atoms with Crippen molar-refractivity contribution in [2.24, 2.45) is 16.2 Å². The summed E-state index contributed by atoms with van der Waals surface area (Å²) in [5, 5.41) is 5.50. The summed E-state index contributed by atoms with van der Waals surface area (Å²) in [7, 11) is 0. The molecule has 0 spiro atoms. The Morgan fingerprint density at radius 1 is 1.09 bits per heavy atom. The molecule has 2 nitrogen and oxygen atoms in total. The van der Waals surface area contributed by atoms with Gasteiger partial charge in [-0.05, 0) is 35.1 Å². The molecular formula is C20H22BrNO. The minimum absolute atomic E-state index is 0.0167. The van der Waals surface area contributed by atoms with Crippen LogP contribution in [0.15, 0.2) is 42.5 Å². The topological polar surface area (TPSA) is 29.1 Å². The van der Waals surface area contributed by atoms with Crippen LogP contribution < -0.4 is 5.32 Å². The van der Waals surface area contributed by atoms with Gasteiger partial charge in [-0.2, -0.15) is 0 Å². The van der Waals surface area contributed by atoms with Gasteiger partial charge in [-0.15, -0.1) is 0 Å². The molecule has 0 unspecified atom stereocenters. The number of benzene rings is 2. The molecule has 120 valence electrons. The van der Waals surface area contributed by atoms with Crippen LogP contribution in [0.4, 0.5) is 5.69 Å². The van der Waals surface area contributed by atoms with Crippen molar-refractivity contribution in [3.05, 3.63) is 42.5 Å². The minimum atomic E-state index is -0.307.